The van der Waals surface area contributed by atoms with Crippen LogP contribution in [0.2, 0.25) is 0 Å². The summed E-state index contributed by atoms with van der Waals surface area (Å²) in [6.07, 6.45) is 0.743. The van der Waals surface area contributed by atoms with Crippen molar-refractivity contribution in [1.82, 2.24) is 4.98 Å². The minimum absolute atomic E-state index is 0.182. The lowest BCUT2D eigenvalue weighted by atomic mass is 10.1. The van der Waals surface area contributed by atoms with E-state index in [1.807, 2.05) is 13.0 Å². The zero-order valence-electron chi connectivity index (χ0n) is 9.27. The first-order valence-corrected chi connectivity index (χ1v) is 5.18. The van der Waals surface area contributed by atoms with Gasteiger partial charge in [-0.15, -0.1) is 0 Å². The van der Waals surface area contributed by atoms with Crippen molar-refractivity contribution in [3.8, 4) is 6.07 Å². The van der Waals surface area contributed by atoms with E-state index in [9.17, 15) is 0 Å². The van der Waals surface area contributed by atoms with Crippen LogP contribution in [0.25, 0.3) is 0 Å². The number of pyridine rings is 1. The lowest BCUT2D eigenvalue weighted by Gasteiger charge is -2.11. The topological polar surface area (TPSA) is 95.0 Å². The molecule has 1 unspecified atom stereocenters. The van der Waals surface area contributed by atoms with Crippen molar-refractivity contribution in [3.05, 3.63) is 17.8 Å². The standard InChI is InChI=1S/C11H16N4O/c1-8(4-5-16)7-14-11-3-2-9(13)10(6-12)15-11/h2-3,8,16H,4-5,7,13H2,1H3,(H,14,15). The van der Waals surface area contributed by atoms with E-state index in [1.54, 1.807) is 12.1 Å². The fourth-order valence-corrected chi connectivity index (χ4v) is 1.26. The Morgan fingerprint density at radius 1 is 1.62 bits per heavy atom. The Labute approximate surface area is 94.9 Å². The number of nitriles is 1. The van der Waals surface area contributed by atoms with Gasteiger partial charge in [-0.3, -0.25) is 0 Å². The number of aliphatic hydroxyl groups is 1. The highest BCUT2D eigenvalue weighted by molar-refractivity contribution is 5.54. The molecule has 5 nitrogen and oxygen atoms in total. The minimum Gasteiger partial charge on any atom is -0.396 e. The van der Waals surface area contributed by atoms with E-state index >= 15 is 0 Å². The number of nitrogens with zero attached hydrogens (tertiary/aromatic N) is 2. The van der Waals surface area contributed by atoms with E-state index in [4.69, 9.17) is 16.1 Å². The molecule has 0 radical (unpaired) electrons. The van der Waals surface area contributed by atoms with Gasteiger partial charge < -0.3 is 16.2 Å². The molecule has 0 spiro atoms. The van der Waals surface area contributed by atoms with Crippen LogP contribution in [0.4, 0.5) is 11.5 Å². The van der Waals surface area contributed by atoms with Crippen molar-refractivity contribution < 1.29 is 5.11 Å². The lowest BCUT2D eigenvalue weighted by Crippen LogP contribution is -2.13. The SMILES string of the molecule is CC(CCO)CNc1ccc(N)c(C#N)n1. The molecule has 1 aromatic rings. The maximum Gasteiger partial charge on any atom is 0.165 e. The lowest BCUT2D eigenvalue weighted by molar-refractivity contribution is 0.266. The van der Waals surface area contributed by atoms with Gasteiger partial charge in [-0.2, -0.15) is 5.26 Å². The molecule has 5 heteroatoms. The predicted octanol–water partition coefficient (Wildman–Crippen LogP) is 0.966. The zero-order chi connectivity index (χ0) is 12.0. The number of rotatable bonds is 5. The number of aromatic nitrogens is 1. The summed E-state index contributed by atoms with van der Waals surface area (Å²) in [5.41, 5.74) is 6.18. The van der Waals surface area contributed by atoms with E-state index in [-0.39, 0.29) is 12.3 Å². The molecule has 1 aromatic heterocycles. The Balaban J connectivity index is 2.58. The second-order valence-corrected chi connectivity index (χ2v) is 3.74. The number of hydrogen-bond donors (Lipinski definition) is 3. The fraction of sp³-hybridized carbons (Fsp3) is 0.455. The summed E-state index contributed by atoms with van der Waals surface area (Å²) >= 11 is 0. The highest BCUT2D eigenvalue weighted by atomic mass is 16.3. The smallest absolute Gasteiger partial charge is 0.165 e. The minimum atomic E-state index is 0.182. The summed E-state index contributed by atoms with van der Waals surface area (Å²) in [4.78, 5) is 4.06. The van der Waals surface area contributed by atoms with Gasteiger partial charge in [0.1, 0.15) is 11.9 Å². The van der Waals surface area contributed by atoms with Gasteiger partial charge in [-0.25, -0.2) is 4.98 Å². The number of nitrogens with one attached hydrogen (secondary N) is 1. The molecule has 0 aliphatic heterocycles. The second kappa shape index (κ2) is 5.93. The molecular formula is C11H16N4O. The molecule has 1 heterocycles. The molecule has 4 N–H and O–H groups in total. The van der Waals surface area contributed by atoms with Crippen molar-refractivity contribution >= 4 is 11.5 Å². The molecule has 0 aliphatic carbocycles. The van der Waals surface area contributed by atoms with Crippen LogP contribution in [-0.2, 0) is 0 Å². The van der Waals surface area contributed by atoms with Crippen LogP contribution in [0.15, 0.2) is 12.1 Å². The van der Waals surface area contributed by atoms with Crippen LogP contribution in [-0.4, -0.2) is 23.2 Å². The summed E-state index contributed by atoms with van der Waals surface area (Å²) in [7, 11) is 0. The van der Waals surface area contributed by atoms with Gasteiger partial charge in [-0.1, -0.05) is 6.92 Å². The average Bonchev–Trinajstić information content (AvgIpc) is 2.28. The summed E-state index contributed by atoms with van der Waals surface area (Å²) in [5.74, 6) is 0.991. The summed E-state index contributed by atoms with van der Waals surface area (Å²) in [5, 5.41) is 20.6. The first-order chi connectivity index (χ1) is 7.67. The van der Waals surface area contributed by atoms with Gasteiger partial charge in [0.2, 0.25) is 0 Å². The van der Waals surface area contributed by atoms with Crippen molar-refractivity contribution in [2.45, 2.75) is 13.3 Å². The van der Waals surface area contributed by atoms with Crippen molar-refractivity contribution in [3.63, 3.8) is 0 Å². The molecule has 0 amide bonds. The fourth-order valence-electron chi connectivity index (χ4n) is 1.26. The van der Waals surface area contributed by atoms with Crippen LogP contribution in [0.3, 0.4) is 0 Å². The Morgan fingerprint density at radius 2 is 2.38 bits per heavy atom. The van der Waals surface area contributed by atoms with Crippen LogP contribution in [0.5, 0.6) is 0 Å². The average molecular weight is 220 g/mol. The third-order valence-electron chi connectivity index (χ3n) is 2.29. The van der Waals surface area contributed by atoms with E-state index in [1.165, 1.54) is 0 Å². The molecule has 0 aromatic carbocycles. The molecule has 16 heavy (non-hydrogen) atoms. The van der Waals surface area contributed by atoms with Gasteiger partial charge in [0, 0.05) is 13.2 Å². The summed E-state index contributed by atoms with van der Waals surface area (Å²) < 4.78 is 0. The summed E-state index contributed by atoms with van der Waals surface area (Å²) in [6.45, 7) is 2.93. The van der Waals surface area contributed by atoms with Crippen LogP contribution in [0, 0.1) is 17.2 Å². The first kappa shape index (κ1) is 12.3. The Morgan fingerprint density at radius 3 is 3.00 bits per heavy atom. The maximum atomic E-state index is 8.75. The number of hydrogen-bond acceptors (Lipinski definition) is 5. The molecule has 0 fully saturated rings. The van der Waals surface area contributed by atoms with Crippen molar-refractivity contribution in [2.24, 2.45) is 5.92 Å². The predicted molar refractivity (Wildman–Crippen MR) is 62.7 cm³/mol. The molecule has 0 aliphatic rings. The van der Waals surface area contributed by atoms with Gasteiger partial charge in [0.05, 0.1) is 5.69 Å². The number of nitrogens with two attached hydrogens (primary N) is 1. The summed E-state index contributed by atoms with van der Waals surface area (Å²) in [6, 6.07) is 5.33. The molecule has 86 valence electrons. The first-order valence-electron chi connectivity index (χ1n) is 5.18. The van der Waals surface area contributed by atoms with Gasteiger partial charge in [0.25, 0.3) is 0 Å². The van der Waals surface area contributed by atoms with Crippen LogP contribution < -0.4 is 11.1 Å². The van der Waals surface area contributed by atoms with E-state index in [2.05, 4.69) is 10.3 Å². The van der Waals surface area contributed by atoms with E-state index in [0.29, 0.717) is 24.0 Å². The normalized spacial score (nSPS) is 11.8. The highest BCUT2D eigenvalue weighted by Gasteiger charge is 2.04. The largest absolute Gasteiger partial charge is 0.396 e. The van der Waals surface area contributed by atoms with Crippen LogP contribution in [0.1, 0.15) is 19.0 Å². The second-order valence-electron chi connectivity index (χ2n) is 3.74. The zero-order valence-corrected chi connectivity index (χ0v) is 9.27. The number of aliphatic hydroxyl groups excluding tert-OH is 1. The van der Waals surface area contributed by atoms with Gasteiger partial charge in [0.15, 0.2) is 5.69 Å². The van der Waals surface area contributed by atoms with Crippen LogP contribution >= 0.6 is 0 Å². The Hall–Kier alpha value is -1.80. The third kappa shape index (κ3) is 3.41. The van der Waals surface area contributed by atoms with Crippen molar-refractivity contribution in [1.29, 1.82) is 5.26 Å². The third-order valence-corrected chi connectivity index (χ3v) is 2.29. The molecule has 0 bridgehead atoms. The number of nitrogen functional groups attached to an aromatic ring is 1. The molecule has 1 rings (SSSR count). The van der Waals surface area contributed by atoms with Gasteiger partial charge in [-0.05, 0) is 24.5 Å². The van der Waals surface area contributed by atoms with E-state index < -0.39 is 0 Å². The monoisotopic (exact) mass is 220 g/mol. The van der Waals surface area contributed by atoms with Gasteiger partial charge >= 0.3 is 0 Å². The molecule has 0 saturated carbocycles. The maximum absolute atomic E-state index is 8.75. The highest BCUT2D eigenvalue weighted by Crippen LogP contribution is 2.12. The Kier molecular flexibility index (Phi) is 4.55. The Bertz CT molecular complexity index is 386. The molecule has 0 saturated heterocycles. The number of anilines is 2. The molecule has 1 atom stereocenters. The van der Waals surface area contributed by atoms with E-state index in [0.717, 1.165) is 6.42 Å². The molecular weight excluding hydrogens is 204 g/mol. The quantitative estimate of drug-likeness (QED) is 0.687. The van der Waals surface area contributed by atoms with Crippen molar-refractivity contribution in [2.75, 3.05) is 24.2 Å².